The minimum atomic E-state index is -0.456. The molecule has 172 valence electrons. The zero-order valence-corrected chi connectivity index (χ0v) is 21.1. The molecule has 0 aromatic carbocycles. The maximum absolute atomic E-state index is 12.2. The van der Waals surface area contributed by atoms with E-state index in [-0.39, 0.29) is 30.1 Å². The van der Waals surface area contributed by atoms with Crippen LogP contribution < -0.4 is 10.6 Å². The summed E-state index contributed by atoms with van der Waals surface area (Å²) in [7, 11) is 0. The summed E-state index contributed by atoms with van der Waals surface area (Å²) in [6, 6.07) is 5.82. The Morgan fingerprint density at radius 3 is 2.65 bits per heavy atom. The van der Waals surface area contributed by atoms with Crippen molar-refractivity contribution < 1.29 is 9.53 Å². The molecule has 0 unspecified atom stereocenters. The molecule has 0 spiro atoms. The van der Waals surface area contributed by atoms with Crippen LogP contribution in [0.25, 0.3) is 5.65 Å². The van der Waals surface area contributed by atoms with E-state index in [1.807, 2.05) is 56.5 Å². The lowest BCUT2D eigenvalue weighted by molar-refractivity contribution is 0.0185. The second-order valence-corrected chi connectivity index (χ2v) is 8.53. The Morgan fingerprint density at radius 1 is 1.23 bits per heavy atom. The molecule has 2 aromatic rings. The Morgan fingerprint density at radius 2 is 1.97 bits per heavy atom. The number of pyridine rings is 1. The van der Waals surface area contributed by atoms with Gasteiger partial charge in [-0.25, -0.2) is 9.79 Å². The molecule has 0 bridgehead atoms. The Bertz CT molecular complexity index is 870. The second kappa shape index (κ2) is 11.5. The van der Waals surface area contributed by atoms with Crippen LogP contribution in [0.5, 0.6) is 0 Å². The van der Waals surface area contributed by atoms with Gasteiger partial charge in [-0.3, -0.25) is 4.40 Å². The Balaban J connectivity index is 0.00000341. The van der Waals surface area contributed by atoms with E-state index in [2.05, 4.69) is 25.8 Å². The van der Waals surface area contributed by atoms with E-state index in [4.69, 9.17) is 4.74 Å². The molecule has 1 aliphatic rings. The van der Waals surface area contributed by atoms with Crippen LogP contribution in [0.15, 0.2) is 29.4 Å². The lowest BCUT2D eigenvalue weighted by Crippen LogP contribution is -2.45. The molecule has 3 heterocycles. The number of guanidine groups is 1. The number of ether oxygens (including phenoxy) is 1. The molecule has 2 N–H and O–H groups in total. The number of rotatable bonds is 5. The van der Waals surface area contributed by atoms with Crippen molar-refractivity contribution >= 4 is 41.7 Å². The van der Waals surface area contributed by atoms with Crippen LogP contribution in [0.1, 0.15) is 46.4 Å². The molecular weight excluding hydrogens is 509 g/mol. The molecule has 1 aliphatic heterocycles. The molecule has 0 radical (unpaired) electrons. The monoisotopic (exact) mass is 543 g/mol. The van der Waals surface area contributed by atoms with Gasteiger partial charge in [0.05, 0.1) is 0 Å². The van der Waals surface area contributed by atoms with Crippen molar-refractivity contribution in [1.29, 1.82) is 0 Å². The first kappa shape index (κ1) is 25.2. The number of likely N-dealkylation sites (tertiary alicyclic amines) is 1. The molecule has 1 saturated heterocycles. The quantitative estimate of drug-likeness (QED) is 0.342. The smallest absolute Gasteiger partial charge is 0.410 e. The third kappa shape index (κ3) is 7.51. The number of carbonyl (C=O) groups excluding carboxylic acids is 1. The van der Waals surface area contributed by atoms with Gasteiger partial charge in [0.25, 0.3) is 0 Å². The van der Waals surface area contributed by atoms with E-state index in [1.54, 1.807) is 4.90 Å². The summed E-state index contributed by atoms with van der Waals surface area (Å²) in [6.45, 7) is 11.2. The highest BCUT2D eigenvalue weighted by molar-refractivity contribution is 14.0. The van der Waals surface area contributed by atoms with Crippen LogP contribution in [0, 0.1) is 5.92 Å². The van der Waals surface area contributed by atoms with E-state index < -0.39 is 5.60 Å². The number of amides is 1. The van der Waals surface area contributed by atoms with Crippen LogP contribution in [-0.2, 0) is 11.3 Å². The van der Waals surface area contributed by atoms with Crippen molar-refractivity contribution in [2.45, 2.75) is 52.7 Å². The van der Waals surface area contributed by atoms with E-state index in [0.29, 0.717) is 12.5 Å². The lowest BCUT2D eigenvalue weighted by Gasteiger charge is -2.33. The van der Waals surface area contributed by atoms with Gasteiger partial charge in [0, 0.05) is 32.4 Å². The highest BCUT2D eigenvalue weighted by Gasteiger charge is 2.26. The predicted molar refractivity (Wildman–Crippen MR) is 132 cm³/mol. The van der Waals surface area contributed by atoms with Crippen LogP contribution in [0.2, 0.25) is 0 Å². The third-order valence-corrected chi connectivity index (χ3v) is 4.93. The van der Waals surface area contributed by atoms with Crippen LogP contribution in [-0.4, -0.2) is 63.3 Å². The standard InChI is InChI=1S/C21H33N7O2.HI/c1-5-22-19(24-15-18-26-25-17-8-6-7-11-28(17)18)23-14-16-9-12-27(13-10-16)20(29)30-21(2,3)4;/h6-8,11,16H,5,9-10,12-15H2,1-4H3,(H2,22,23,24);1H. The number of aliphatic imine (C=N–C) groups is 1. The van der Waals surface area contributed by atoms with E-state index in [0.717, 1.165) is 56.5 Å². The molecule has 3 rings (SSSR count). The average Bonchev–Trinajstić information content (AvgIpc) is 3.12. The highest BCUT2D eigenvalue weighted by Crippen LogP contribution is 2.19. The maximum atomic E-state index is 12.2. The number of nitrogens with zero attached hydrogens (tertiary/aromatic N) is 5. The van der Waals surface area contributed by atoms with Gasteiger partial charge in [-0.2, -0.15) is 0 Å². The molecule has 0 atom stereocenters. The van der Waals surface area contributed by atoms with Crippen molar-refractivity contribution in [3.05, 3.63) is 30.2 Å². The van der Waals surface area contributed by atoms with Gasteiger partial charge in [-0.1, -0.05) is 6.07 Å². The van der Waals surface area contributed by atoms with Crippen LogP contribution in [0.4, 0.5) is 4.79 Å². The number of halogens is 1. The van der Waals surface area contributed by atoms with Crippen molar-refractivity contribution in [2.24, 2.45) is 10.9 Å². The molecule has 2 aromatic heterocycles. The highest BCUT2D eigenvalue weighted by atomic mass is 127. The number of carbonyl (C=O) groups is 1. The van der Waals surface area contributed by atoms with Gasteiger partial charge in [0.2, 0.25) is 0 Å². The largest absolute Gasteiger partial charge is 0.444 e. The van der Waals surface area contributed by atoms with E-state index in [1.165, 1.54) is 0 Å². The average molecular weight is 543 g/mol. The first-order chi connectivity index (χ1) is 14.4. The van der Waals surface area contributed by atoms with Gasteiger partial charge in [0.1, 0.15) is 12.1 Å². The molecule has 1 amide bonds. The predicted octanol–water partition coefficient (Wildman–Crippen LogP) is 3.05. The Labute approximate surface area is 201 Å². The molecule has 10 heteroatoms. The van der Waals surface area contributed by atoms with Crippen molar-refractivity contribution in [2.75, 3.05) is 26.2 Å². The summed E-state index contributed by atoms with van der Waals surface area (Å²) in [5, 5.41) is 15.1. The first-order valence-corrected chi connectivity index (χ1v) is 10.6. The minimum absolute atomic E-state index is 0. The van der Waals surface area contributed by atoms with Crippen molar-refractivity contribution in [3.63, 3.8) is 0 Å². The van der Waals surface area contributed by atoms with Crippen LogP contribution >= 0.6 is 24.0 Å². The second-order valence-electron chi connectivity index (χ2n) is 8.53. The van der Waals surface area contributed by atoms with Gasteiger partial charge in [0.15, 0.2) is 17.4 Å². The summed E-state index contributed by atoms with van der Waals surface area (Å²) < 4.78 is 7.41. The third-order valence-electron chi connectivity index (χ3n) is 4.93. The number of hydrogen-bond donors (Lipinski definition) is 2. The molecule has 0 aliphatic carbocycles. The maximum Gasteiger partial charge on any atom is 0.410 e. The molecule has 0 saturated carbocycles. The van der Waals surface area contributed by atoms with Gasteiger partial charge >= 0.3 is 6.09 Å². The number of fused-ring (bicyclic) bond motifs is 1. The van der Waals surface area contributed by atoms with Crippen molar-refractivity contribution in [3.8, 4) is 0 Å². The van der Waals surface area contributed by atoms with Gasteiger partial charge < -0.3 is 20.3 Å². The molecule has 9 nitrogen and oxygen atoms in total. The summed E-state index contributed by atoms with van der Waals surface area (Å²) >= 11 is 0. The topological polar surface area (TPSA) is 96.1 Å². The molecular formula is C21H34IN7O2. The van der Waals surface area contributed by atoms with Crippen molar-refractivity contribution in [1.82, 2.24) is 30.1 Å². The van der Waals surface area contributed by atoms with E-state index >= 15 is 0 Å². The molecule has 1 fully saturated rings. The number of nitrogens with one attached hydrogen (secondary N) is 2. The fourth-order valence-electron chi connectivity index (χ4n) is 3.38. The molecule has 31 heavy (non-hydrogen) atoms. The van der Waals surface area contributed by atoms with Gasteiger partial charge in [-0.15, -0.1) is 34.2 Å². The summed E-state index contributed by atoms with van der Waals surface area (Å²) in [5.74, 6) is 2.05. The zero-order chi connectivity index (χ0) is 21.6. The number of hydrogen-bond acceptors (Lipinski definition) is 5. The minimum Gasteiger partial charge on any atom is -0.444 e. The number of piperidine rings is 1. The first-order valence-electron chi connectivity index (χ1n) is 10.6. The lowest BCUT2D eigenvalue weighted by atomic mass is 9.97. The Kier molecular flexibility index (Phi) is 9.32. The Hall–Kier alpha value is -2.11. The van der Waals surface area contributed by atoms with Crippen LogP contribution in [0.3, 0.4) is 0 Å². The fraction of sp³-hybridized carbons (Fsp3) is 0.619. The fourth-order valence-corrected chi connectivity index (χ4v) is 3.38. The summed E-state index contributed by atoms with van der Waals surface area (Å²) in [6.07, 6.45) is 3.62. The van der Waals surface area contributed by atoms with E-state index in [9.17, 15) is 4.79 Å². The zero-order valence-electron chi connectivity index (χ0n) is 18.8. The normalized spacial score (nSPS) is 15.5. The van der Waals surface area contributed by atoms with Gasteiger partial charge in [-0.05, 0) is 58.6 Å². The SMILES string of the molecule is CCNC(=NCc1nnc2ccccn12)NCC1CCN(C(=O)OC(C)(C)C)CC1.I. The summed E-state index contributed by atoms with van der Waals surface area (Å²) in [4.78, 5) is 18.7. The number of aromatic nitrogens is 3. The summed E-state index contributed by atoms with van der Waals surface area (Å²) in [5.41, 5.74) is 0.361.